The van der Waals surface area contributed by atoms with E-state index < -0.39 is 10.0 Å². The van der Waals surface area contributed by atoms with E-state index >= 15 is 0 Å². The van der Waals surface area contributed by atoms with Crippen LogP contribution in [0.25, 0.3) is 11.0 Å². The molecule has 0 radical (unpaired) electrons. The lowest BCUT2D eigenvalue weighted by Crippen LogP contribution is -2.14. The second-order valence-electron chi connectivity index (χ2n) is 5.45. The lowest BCUT2D eigenvalue weighted by atomic mass is 10.1. The van der Waals surface area contributed by atoms with Crippen LogP contribution in [0.2, 0.25) is 0 Å². The van der Waals surface area contributed by atoms with Gasteiger partial charge in [-0.2, -0.15) is 0 Å². The molecule has 1 aromatic heterocycles. The minimum Gasteiger partial charge on any atom is -0.320 e. The van der Waals surface area contributed by atoms with Gasteiger partial charge in [0.1, 0.15) is 5.82 Å². The third-order valence-electron chi connectivity index (χ3n) is 3.86. The number of carbonyl (C=O) groups is 1. The highest BCUT2D eigenvalue weighted by Crippen LogP contribution is 2.18. The van der Waals surface area contributed by atoms with Crippen LogP contribution in [-0.2, 0) is 23.0 Å². The monoisotopic (exact) mass is 343 g/mol. The van der Waals surface area contributed by atoms with E-state index in [1.165, 1.54) is 24.3 Å². The van der Waals surface area contributed by atoms with Crippen LogP contribution in [0.15, 0.2) is 53.4 Å². The highest BCUT2D eigenvalue weighted by atomic mass is 32.2. The summed E-state index contributed by atoms with van der Waals surface area (Å²) < 4.78 is 24.5. The van der Waals surface area contributed by atoms with Crippen molar-refractivity contribution in [3.63, 3.8) is 0 Å². The van der Waals surface area contributed by atoms with E-state index in [0.29, 0.717) is 12.0 Å². The number of rotatable bonds is 5. The number of hydrogen-bond acceptors (Lipinski definition) is 4. The number of Topliss-reactive ketones (excluding diaryl/α,β-unsaturated/α-hetero) is 1. The zero-order valence-corrected chi connectivity index (χ0v) is 14.0. The molecule has 0 aliphatic rings. The van der Waals surface area contributed by atoms with Crippen LogP contribution in [0.5, 0.6) is 0 Å². The molecular weight excluding hydrogens is 326 g/mol. The van der Waals surface area contributed by atoms with Crippen LogP contribution in [-0.4, -0.2) is 23.8 Å². The van der Waals surface area contributed by atoms with E-state index in [-0.39, 0.29) is 17.2 Å². The SMILES string of the molecule is CCc1nc2ccccc2n1CC(=O)c1ccc(S(N)(=O)=O)cc1. The van der Waals surface area contributed by atoms with Crippen molar-refractivity contribution in [1.29, 1.82) is 0 Å². The Morgan fingerprint density at radius 1 is 1.12 bits per heavy atom. The molecule has 3 rings (SSSR count). The van der Waals surface area contributed by atoms with Crippen molar-refractivity contribution >= 4 is 26.8 Å². The maximum atomic E-state index is 12.6. The Morgan fingerprint density at radius 2 is 1.79 bits per heavy atom. The number of benzene rings is 2. The van der Waals surface area contributed by atoms with Gasteiger partial charge in [0, 0.05) is 12.0 Å². The van der Waals surface area contributed by atoms with Gasteiger partial charge in [0.15, 0.2) is 5.78 Å². The zero-order chi connectivity index (χ0) is 17.3. The molecule has 0 amide bonds. The zero-order valence-electron chi connectivity index (χ0n) is 13.1. The maximum Gasteiger partial charge on any atom is 0.238 e. The van der Waals surface area contributed by atoms with E-state index in [9.17, 15) is 13.2 Å². The van der Waals surface area contributed by atoms with Crippen molar-refractivity contribution in [3.8, 4) is 0 Å². The largest absolute Gasteiger partial charge is 0.320 e. The summed E-state index contributed by atoms with van der Waals surface area (Å²) in [5.41, 5.74) is 2.19. The van der Waals surface area contributed by atoms with Gasteiger partial charge in [-0.3, -0.25) is 4.79 Å². The summed E-state index contributed by atoms with van der Waals surface area (Å²) in [4.78, 5) is 17.1. The molecule has 24 heavy (non-hydrogen) atoms. The van der Waals surface area contributed by atoms with Crippen molar-refractivity contribution in [3.05, 3.63) is 59.9 Å². The molecule has 0 fully saturated rings. The molecule has 0 spiro atoms. The van der Waals surface area contributed by atoms with Gasteiger partial charge in [0.2, 0.25) is 10.0 Å². The average molecular weight is 343 g/mol. The molecule has 0 atom stereocenters. The van der Waals surface area contributed by atoms with E-state index in [0.717, 1.165) is 16.9 Å². The Hall–Kier alpha value is -2.51. The van der Waals surface area contributed by atoms with E-state index in [2.05, 4.69) is 4.98 Å². The third kappa shape index (κ3) is 3.08. The van der Waals surface area contributed by atoms with Gasteiger partial charge in [0.05, 0.1) is 22.5 Å². The van der Waals surface area contributed by atoms with Crippen LogP contribution in [0.3, 0.4) is 0 Å². The van der Waals surface area contributed by atoms with Gasteiger partial charge in [-0.1, -0.05) is 19.1 Å². The molecule has 0 bridgehead atoms. The van der Waals surface area contributed by atoms with Crippen molar-refractivity contribution < 1.29 is 13.2 Å². The summed E-state index contributed by atoms with van der Waals surface area (Å²) in [5.74, 6) is 0.722. The Kier molecular flexibility index (Phi) is 4.21. The topological polar surface area (TPSA) is 95.0 Å². The summed E-state index contributed by atoms with van der Waals surface area (Å²) in [6.45, 7) is 2.14. The van der Waals surface area contributed by atoms with Crippen LogP contribution < -0.4 is 5.14 Å². The minimum atomic E-state index is -3.76. The number of imidazole rings is 1. The van der Waals surface area contributed by atoms with E-state index in [4.69, 9.17) is 5.14 Å². The van der Waals surface area contributed by atoms with Crippen molar-refractivity contribution in [1.82, 2.24) is 9.55 Å². The van der Waals surface area contributed by atoms with Crippen LogP contribution in [0.1, 0.15) is 23.1 Å². The number of hydrogen-bond donors (Lipinski definition) is 1. The summed E-state index contributed by atoms with van der Waals surface area (Å²) in [6, 6.07) is 13.3. The molecule has 3 aromatic rings. The molecule has 0 aliphatic heterocycles. The molecule has 0 saturated heterocycles. The molecule has 0 saturated carbocycles. The average Bonchev–Trinajstić information content (AvgIpc) is 2.92. The molecular formula is C17H17N3O3S. The van der Waals surface area contributed by atoms with Crippen LogP contribution in [0.4, 0.5) is 0 Å². The first kappa shape index (κ1) is 16.4. The standard InChI is InChI=1S/C17H17N3O3S/c1-2-17-19-14-5-3-4-6-15(14)20(17)11-16(21)12-7-9-13(10-8-12)24(18,22)23/h3-10H,2,11H2,1H3,(H2,18,22,23). The van der Waals surface area contributed by atoms with Gasteiger partial charge in [-0.15, -0.1) is 0 Å². The number of nitrogens with two attached hydrogens (primary N) is 1. The molecule has 1 heterocycles. The third-order valence-corrected chi connectivity index (χ3v) is 4.79. The number of ketones is 1. The Morgan fingerprint density at radius 3 is 2.42 bits per heavy atom. The van der Waals surface area contributed by atoms with E-state index in [1.807, 2.05) is 35.8 Å². The normalized spacial score (nSPS) is 11.8. The number of carbonyl (C=O) groups excluding carboxylic acids is 1. The first-order chi connectivity index (χ1) is 11.4. The molecule has 2 N–H and O–H groups in total. The van der Waals surface area contributed by atoms with Crippen LogP contribution >= 0.6 is 0 Å². The second-order valence-corrected chi connectivity index (χ2v) is 7.01. The van der Waals surface area contributed by atoms with E-state index in [1.54, 1.807) is 0 Å². The number of primary sulfonamides is 1. The quantitative estimate of drug-likeness (QED) is 0.718. The van der Waals surface area contributed by atoms with Crippen LogP contribution in [0, 0.1) is 0 Å². The highest BCUT2D eigenvalue weighted by Gasteiger charge is 2.15. The first-order valence-corrected chi connectivity index (χ1v) is 9.05. The molecule has 124 valence electrons. The number of aryl methyl sites for hydroxylation is 1. The lowest BCUT2D eigenvalue weighted by Gasteiger charge is -2.08. The Balaban J connectivity index is 1.93. The number of fused-ring (bicyclic) bond motifs is 1. The van der Waals surface area contributed by atoms with Gasteiger partial charge in [-0.05, 0) is 36.4 Å². The van der Waals surface area contributed by atoms with Crippen molar-refractivity contribution in [2.45, 2.75) is 24.8 Å². The van der Waals surface area contributed by atoms with Gasteiger partial charge >= 0.3 is 0 Å². The summed E-state index contributed by atoms with van der Waals surface area (Å²) >= 11 is 0. The van der Waals surface area contributed by atoms with Gasteiger partial charge in [-0.25, -0.2) is 18.5 Å². The highest BCUT2D eigenvalue weighted by molar-refractivity contribution is 7.89. The van der Waals surface area contributed by atoms with Gasteiger partial charge in [0.25, 0.3) is 0 Å². The second kappa shape index (κ2) is 6.18. The smallest absolute Gasteiger partial charge is 0.238 e. The fourth-order valence-electron chi connectivity index (χ4n) is 2.64. The fraction of sp³-hybridized carbons (Fsp3) is 0.176. The number of aromatic nitrogens is 2. The van der Waals surface area contributed by atoms with Gasteiger partial charge < -0.3 is 4.57 Å². The summed E-state index contributed by atoms with van der Waals surface area (Å²) in [6.07, 6.45) is 0.715. The number of para-hydroxylation sites is 2. The molecule has 6 nitrogen and oxygen atoms in total. The predicted molar refractivity (Wildman–Crippen MR) is 91.3 cm³/mol. The maximum absolute atomic E-state index is 12.6. The first-order valence-electron chi connectivity index (χ1n) is 7.50. The predicted octanol–water partition coefficient (Wildman–Crippen LogP) is 2.13. The fourth-order valence-corrected chi connectivity index (χ4v) is 3.15. The number of nitrogens with zero attached hydrogens (tertiary/aromatic N) is 2. The summed E-state index contributed by atoms with van der Waals surface area (Å²) in [5, 5.41) is 5.07. The molecule has 0 unspecified atom stereocenters. The van der Waals surface area contributed by atoms with Crippen molar-refractivity contribution in [2.75, 3.05) is 0 Å². The number of sulfonamides is 1. The molecule has 2 aromatic carbocycles. The molecule has 7 heteroatoms. The molecule has 0 aliphatic carbocycles. The minimum absolute atomic E-state index is 0.0126. The lowest BCUT2D eigenvalue weighted by molar-refractivity contribution is 0.0972. The summed E-state index contributed by atoms with van der Waals surface area (Å²) in [7, 11) is -3.76. The Labute approximate surface area is 140 Å². The Bertz CT molecular complexity index is 1010. The van der Waals surface area contributed by atoms with Crippen molar-refractivity contribution in [2.24, 2.45) is 5.14 Å².